The third-order valence-electron chi connectivity index (χ3n) is 2.85. The quantitative estimate of drug-likeness (QED) is 0.476. The van der Waals surface area contributed by atoms with E-state index in [0.29, 0.717) is 6.61 Å². The van der Waals surface area contributed by atoms with Crippen molar-refractivity contribution in [3.8, 4) is 0 Å². The first kappa shape index (κ1) is 14.5. The Morgan fingerprint density at radius 3 is 2.33 bits per heavy atom. The summed E-state index contributed by atoms with van der Waals surface area (Å²) in [5, 5.41) is 0. The number of hydrogen-bond donors (Lipinski definition) is 0. The molecule has 0 radical (unpaired) electrons. The van der Waals surface area contributed by atoms with Crippen LogP contribution < -0.4 is 0 Å². The molecule has 0 saturated heterocycles. The summed E-state index contributed by atoms with van der Waals surface area (Å²) in [5.41, 5.74) is -0.321. The van der Waals surface area contributed by atoms with Gasteiger partial charge in [-0.1, -0.05) is 27.2 Å². The molecule has 2 nitrogen and oxygen atoms in total. The van der Waals surface area contributed by atoms with Gasteiger partial charge in [-0.05, 0) is 39.0 Å². The van der Waals surface area contributed by atoms with E-state index >= 15 is 0 Å². The van der Waals surface area contributed by atoms with Crippen molar-refractivity contribution >= 4 is 5.97 Å². The predicted molar refractivity (Wildman–Crippen MR) is 63.7 cm³/mol. The molecule has 2 heteroatoms. The van der Waals surface area contributed by atoms with Gasteiger partial charge in [-0.2, -0.15) is 0 Å². The molecule has 0 aliphatic carbocycles. The maximum atomic E-state index is 11.6. The Labute approximate surface area is 94.4 Å². The van der Waals surface area contributed by atoms with Gasteiger partial charge >= 0.3 is 5.97 Å². The number of carbonyl (C=O) groups excluding carboxylic acids is 1. The highest BCUT2D eigenvalue weighted by atomic mass is 16.5. The van der Waals surface area contributed by atoms with E-state index in [4.69, 9.17) is 4.74 Å². The molecule has 0 fully saturated rings. The van der Waals surface area contributed by atoms with Crippen molar-refractivity contribution in [1.82, 2.24) is 0 Å². The summed E-state index contributed by atoms with van der Waals surface area (Å²) in [7, 11) is 0. The fraction of sp³-hybridized carbons (Fsp3) is 0.923. The first-order valence-electron chi connectivity index (χ1n) is 6.07. The first-order valence-corrected chi connectivity index (χ1v) is 6.07. The van der Waals surface area contributed by atoms with E-state index in [1.165, 1.54) is 6.42 Å². The molecule has 0 aromatic heterocycles. The van der Waals surface area contributed by atoms with Crippen LogP contribution in [-0.4, -0.2) is 12.6 Å². The van der Waals surface area contributed by atoms with Crippen molar-refractivity contribution in [3.05, 3.63) is 0 Å². The Kier molecular flexibility index (Phi) is 6.62. The second-order valence-corrected chi connectivity index (χ2v) is 5.26. The first-order chi connectivity index (χ1) is 6.90. The van der Waals surface area contributed by atoms with Crippen LogP contribution in [0.5, 0.6) is 0 Å². The summed E-state index contributed by atoms with van der Waals surface area (Å²) < 4.78 is 5.24. The zero-order valence-corrected chi connectivity index (χ0v) is 10.9. The van der Waals surface area contributed by atoms with Crippen LogP contribution in [-0.2, 0) is 9.53 Å². The maximum Gasteiger partial charge on any atom is 0.311 e. The van der Waals surface area contributed by atoms with Gasteiger partial charge in [0, 0.05) is 0 Å². The molecule has 0 spiro atoms. The van der Waals surface area contributed by atoms with Gasteiger partial charge in [0.25, 0.3) is 0 Å². The molecule has 90 valence electrons. The van der Waals surface area contributed by atoms with Crippen molar-refractivity contribution in [2.45, 2.75) is 60.3 Å². The van der Waals surface area contributed by atoms with E-state index < -0.39 is 0 Å². The van der Waals surface area contributed by atoms with Gasteiger partial charge in [0.1, 0.15) is 0 Å². The van der Waals surface area contributed by atoms with Crippen molar-refractivity contribution < 1.29 is 9.53 Å². The summed E-state index contributed by atoms with van der Waals surface area (Å²) in [6.45, 7) is 10.9. The van der Waals surface area contributed by atoms with Gasteiger partial charge in [0.05, 0.1) is 12.0 Å². The average molecular weight is 214 g/mol. The van der Waals surface area contributed by atoms with Gasteiger partial charge in [0.2, 0.25) is 0 Å². The minimum absolute atomic E-state index is 0.0606. The van der Waals surface area contributed by atoms with E-state index in [-0.39, 0.29) is 11.4 Å². The summed E-state index contributed by atoms with van der Waals surface area (Å²) in [6, 6.07) is 0. The van der Waals surface area contributed by atoms with E-state index in [0.717, 1.165) is 25.2 Å². The zero-order valence-electron chi connectivity index (χ0n) is 10.9. The molecule has 0 saturated carbocycles. The Bertz CT molecular complexity index is 183. The molecule has 0 aliphatic heterocycles. The summed E-state index contributed by atoms with van der Waals surface area (Å²) in [6.07, 6.45) is 4.19. The Hall–Kier alpha value is -0.530. The minimum atomic E-state index is -0.321. The predicted octanol–water partition coefficient (Wildman–Crippen LogP) is 3.79. The van der Waals surface area contributed by atoms with Gasteiger partial charge in [-0.25, -0.2) is 0 Å². The van der Waals surface area contributed by atoms with Gasteiger partial charge < -0.3 is 4.74 Å². The van der Waals surface area contributed by atoms with Crippen molar-refractivity contribution in [2.24, 2.45) is 11.3 Å². The number of hydrogen-bond acceptors (Lipinski definition) is 2. The lowest BCUT2D eigenvalue weighted by Crippen LogP contribution is -2.26. The standard InChI is InChI=1S/C13H26O2/c1-6-13(4,5)12(14)15-10-8-7-9-11(2)3/h11H,6-10H2,1-5H3. The second-order valence-electron chi connectivity index (χ2n) is 5.26. The molecule has 0 aromatic carbocycles. The molecule has 0 atom stereocenters. The van der Waals surface area contributed by atoms with E-state index in [1.807, 2.05) is 20.8 Å². The van der Waals surface area contributed by atoms with Crippen molar-refractivity contribution in [1.29, 1.82) is 0 Å². The van der Waals surface area contributed by atoms with Crippen LogP contribution in [0.2, 0.25) is 0 Å². The van der Waals surface area contributed by atoms with Crippen LogP contribution in [0.1, 0.15) is 60.3 Å². The van der Waals surface area contributed by atoms with Crippen molar-refractivity contribution in [3.63, 3.8) is 0 Å². The lowest BCUT2D eigenvalue weighted by Gasteiger charge is -2.20. The van der Waals surface area contributed by atoms with Gasteiger partial charge in [0.15, 0.2) is 0 Å². The van der Waals surface area contributed by atoms with Crippen LogP contribution in [0.25, 0.3) is 0 Å². The minimum Gasteiger partial charge on any atom is -0.465 e. The molecular weight excluding hydrogens is 188 g/mol. The monoisotopic (exact) mass is 214 g/mol. The van der Waals surface area contributed by atoms with E-state index in [2.05, 4.69) is 13.8 Å². The molecule has 15 heavy (non-hydrogen) atoms. The Morgan fingerprint density at radius 2 is 1.87 bits per heavy atom. The highest BCUT2D eigenvalue weighted by molar-refractivity contribution is 5.75. The molecule has 0 amide bonds. The zero-order chi connectivity index (χ0) is 11.9. The fourth-order valence-corrected chi connectivity index (χ4v) is 1.16. The highest BCUT2D eigenvalue weighted by Gasteiger charge is 2.26. The Morgan fingerprint density at radius 1 is 1.27 bits per heavy atom. The molecular formula is C13H26O2. The normalized spacial score (nSPS) is 11.9. The summed E-state index contributed by atoms with van der Waals surface area (Å²) in [4.78, 5) is 11.6. The molecule has 0 unspecified atom stereocenters. The van der Waals surface area contributed by atoms with Gasteiger partial charge in [-0.15, -0.1) is 0 Å². The maximum absolute atomic E-state index is 11.6. The largest absolute Gasteiger partial charge is 0.465 e. The fourth-order valence-electron chi connectivity index (χ4n) is 1.16. The number of esters is 1. The highest BCUT2D eigenvalue weighted by Crippen LogP contribution is 2.21. The molecule has 0 N–H and O–H groups in total. The second kappa shape index (κ2) is 6.86. The Balaban J connectivity index is 3.56. The van der Waals surface area contributed by atoms with Crippen LogP contribution in [0, 0.1) is 11.3 Å². The number of rotatable bonds is 7. The van der Waals surface area contributed by atoms with E-state index in [9.17, 15) is 4.79 Å². The SMILES string of the molecule is CCC(C)(C)C(=O)OCCCCC(C)C. The van der Waals surface area contributed by atoms with Crippen LogP contribution in [0.3, 0.4) is 0 Å². The third kappa shape index (κ3) is 6.53. The molecule has 0 heterocycles. The summed E-state index contributed by atoms with van der Waals surface area (Å²) >= 11 is 0. The topological polar surface area (TPSA) is 26.3 Å². The lowest BCUT2D eigenvalue weighted by atomic mass is 9.91. The molecule has 0 bridgehead atoms. The molecule has 0 aromatic rings. The number of carbonyl (C=O) groups is 1. The molecule has 0 aliphatic rings. The van der Waals surface area contributed by atoms with Crippen LogP contribution in [0.15, 0.2) is 0 Å². The smallest absolute Gasteiger partial charge is 0.311 e. The van der Waals surface area contributed by atoms with Crippen molar-refractivity contribution in [2.75, 3.05) is 6.61 Å². The lowest BCUT2D eigenvalue weighted by molar-refractivity contribution is -0.154. The summed E-state index contributed by atoms with van der Waals surface area (Å²) in [5.74, 6) is 0.683. The number of unbranched alkanes of at least 4 members (excludes halogenated alkanes) is 1. The average Bonchev–Trinajstić information content (AvgIpc) is 2.16. The number of ether oxygens (including phenoxy) is 1. The van der Waals surface area contributed by atoms with E-state index in [1.54, 1.807) is 0 Å². The van der Waals surface area contributed by atoms with Crippen LogP contribution in [0.4, 0.5) is 0 Å². The van der Waals surface area contributed by atoms with Crippen LogP contribution >= 0.6 is 0 Å². The molecule has 0 rings (SSSR count). The third-order valence-corrected chi connectivity index (χ3v) is 2.85. The van der Waals surface area contributed by atoms with Gasteiger partial charge in [-0.3, -0.25) is 4.79 Å².